The predicted molar refractivity (Wildman–Crippen MR) is 115 cm³/mol. The van der Waals surface area contributed by atoms with Crippen molar-refractivity contribution in [1.82, 2.24) is 0 Å². The van der Waals surface area contributed by atoms with Crippen LogP contribution in [0.15, 0.2) is 66.7 Å². The highest BCUT2D eigenvalue weighted by atomic mass is 16.6. The number of carbonyl (C=O) groups is 1. The fourth-order valence-electron chi connectivity index (χ4n) is 2.94. The molecule has 154 valence electrons. The number of benzene rings is 3. The molecular formula is C23H22N2O5. The van der Waals surface area contributed by atoms with Gasteiger partial charge in [0.15, 0.2) is 6.10 Å². The fraction of sp³-hybridized carbons (Fsp3) is 0.174. The molecule has 0 aliphatic carbocycles. The number of non-ortho nitro benzene ring substituents is 1. The third-order valence-corrected chi connectivity index (χ3v) is 4.53. The number of nitrogens with one attached hydrogen (secondary N) is 1. The number of ether oxygens (including phenoxy) is 2. The maximum absolute atomic E-state index is 12.6. The summed E-state index contributed by atoms with van der Waals surface area (Å²) in [6, 6.07) is 18.8. The molecule has 1 N–H and O–H groups in total. The van der Waals surface area contributed by atoms with Crippen LogP contribution in [0.25, 0.3) is 11.1 Å². The van der Waals surface area contributed by atoms with Gasteiger partial charge in [-0.25, -0.2) is 0 Å². The minimum absolute atomic E-state index is 0.0648. The number of hydrogen-bond donors (Lipinski definition) is 1. The van der Waals surface area contributed by atoms with E-state index in [1.165, 1.54) is 18.2 Å². The summed E-state index contributed by atoms with van der Waals surface area (Å²) in [6.07, 6.45) is -0.816. The highest BCUT2D eigenvalue weighted by Crippen LogP contribution is 2.35. The molecule has 3 aromatic carbocycles. The molecule has 0 fully saturated rings. The van der Waals surface area contributed by atoms with Crippen LogP contribution in [0.4, 0.5) is 11.4 Å². The van der Waals surface area contributed by atoms with E-state index in [-0.39, 0.29) is 11.6 Å². The Hall–Kier alpha value is -3.87. The lowest BCUT2D eigenvalue weighted by Crippen LogP contribution is -2.30. The number of nitro benzene ring substituents is 1. The molecule has 0 aliphatic rings. The first-order valence-corrected chi connectivity index (χ1v) is 9.34. The molecule has 3 aromatic rings. The van der Waals surface area contributed by atoms with Gasteiger partial charge in [-0.1, -0.05) is 24.3 Å². The quantitative estimate of drug-likeness (QED) is 0.441. The van der Waals surface area contributed by atoms with E-state index in [9.17, 15) is 14.9 Å². The first-order chi connectivity index (χ1) is 14.4. The first kappa shape index (κ1) is 20.9. The Morgan fingerprint density at radius 1 is 1.07 bits per heavy atom. The summed E-state index contributed by atoms with van der Waals surface area (Å²) >= 11 is 0. The summed E-state index contributed by atoms with van der Waals surface area (Å²) in [5.74, 6) is 0.717. The number of anilines is 1. The second-order valence-corrected chi connectivity index (χ2v) is 6.78. The van der Waals surface area contributed by atoms with Crippen LogP contribution in [-0.4, -0.2) is 24.0 Å². The van der Waals surface area contributed by atoms with Crippen molar-refractivity contribution in [1.29, 1.82) is 0 Å². The molecule has 7 heteroatoms. The fourth-order valence-corrected chi connectivity index (χ4v) is 2.94. The summed E-state index contributed by atoms with van der Waals surface area (Å²) in [5, 5.41) is 14.1. The lowest BCUT2D eigenvalue weighted by atomic mass is 10.0. The van der Waals surface area contributed by atoms with Crippen LogP contribution in [0, 0.1) is 17.0 Å². The Labute approximate surface area is 174 Å². The molecule has 0 saturated heterocycles. The molecule has 0 aromatic heterocycles. The zero-order valence-electron chi connectivity index (χ0n) is 16.9. The zero-order chi connectivity index (χ0) is 21.7. The van der Waals surface area contributed by atoms with Gasteiger partial charge in [0, 0.05) is 23.4 Å². The summed E-state index contributed by atoms with van der Waals surface area (Å²) in [7, 11) is 1.56. The number of nitrogens with zero attached hydrogens (tertiary/aromatic N) is 1. The first-order valence-electron chi connectivity index (χ1n) is 9.34. The summed E-state index contributed by atoms with van der Waals surface area (Å²) in [6.45, 7) is 3.57. The van der Waals surface area contributed by atoms with Gasteiger partial charge in [0.05, 0.1) is 12.0 Å². The lowest BCUT2D eigenvalue weighted by molar-refractivity contribution is -0.384. The summed E-state index contributed by atoms with van der Waals surface area (Å²) < 4.78 is 11.1. The highest BCUT2D eigenvalue weighted by molar-refractivity contribution is 5.94. The molecule has 1 amide bonds. The van der Waals surface area contributed by atoms with Gasteiger partial charge < -0.3 is 14.8 Å². The summed E-state index contributed by atoms with van der Waals surface area (Å²) in [5.41, 5.74) is 2.86. The monoisotopic (exact) mass is 406 g/mol. The largest absolute Gasteiger partial charge is 0.497 e. The molecule has 1 atom stereocenters. The molecule has 0 spiro atoms. The van der Waals surface area contributed by atoms with E-state index in [4.69, 9.17) is 9.47 Å². The van der Waals surface area contributed by atoms with Crippen LogP contribution < -0.4 is 14.8 Å². The number of rotatable bonds is 7. The van der Waals surface area contributed by atoms with Crippen molar-refractivity contribution in [3.05, 3.63) is 82.4 Å². The van der Waals surface area contributed by atoms with Gasteiger partial charge in [0.1, 0.15) is 11.5 Å². The SMILES string of the molecule is COc1ccc(-c2cc([N+](=O)[O-])ccc2O[C@H](C)C(=O)Nc2cccc(C)c2)cc1. The molecular weight excluding hydrogens is 384 g/mol. The number of methoxy groups -OCH3 is 1. The standard InChI is InChI=1S/C23H22N2O5/c1-15-5-4-6-18(13-15)24-23(26)16(2)30-22-12-9-19(25(27)28)14-21(22)17-7-10-20(29-3)11-8-17/h4-14,16H,1-3H3,(H,24,26)/t16-/m1/s1. The molecule has 0 bridgehead atoms. The van der Waals surface area contributed by atoms with Gasteiger partial charge in [0.25, 0.3) is 11.6 Å². The van der Waals surface area contributed by atoms with Crippen LogP contribution in [0.5, 0.6) is 11.5 Å². The summed E-state index contributed by atoms with van der Waals surface area (Å²) in [4.78, 5) is 23.3. The van der Waals surface area contributed by atoms with Crippen molar-refractivity contribution in [2.24, 2.45) is 0 Å². The Morgan fingerprint density at radius 3 is 2.43 bits per heavy atom. The molecule has 0 saturated carbocycles. The van der Waals surface area contributed by atoms with Crippen molar-refractivity contribution in [2.45, 2.75) is 20.0 Å². The molecule has 0 aliphatic heterocycles. The normalized spacial score (nSPS) is 11.4. The van der Waals surface area contributed by atoms with E-state index in [1.54, 1.807) is 44.4 Å². The van der Waals surface area contributed by atoms with E-state index < -0.39 is 11.0 Å². The Balaban J connectivity index is 1.86. The van der Waals surface area contributed by atoms with E-state index in [0.717, 1.165) is 5.56 Å². The van der Waals surface area contributed by atoms with Gasteiger partial charge in [-0.05, 0) is 55.3 Å². The predicted octanol–water partition coefficient (Wildman–Crippen LogP) is 4.98. The van der Waals surface area contributed by atoms with Crippen molar-refractivity contribution in [3.8, 4) is 22.6 Å². The second-order valence-electron chi connectivity index (χ2n) is 6.78. The average molecular weight is 406 g/mol. The third-order valence-electron chi connectivity index (χ3n) is 4.53. The van der Waals surface area contributed by atoms with Crippen LogP contribution in [0.3, 0.4) is 0 Å². The number of nitro groups is 1. The number of amides is 1. The molecule has 3 rings (SSSR count). The maximum atomic E-state index is 12.6. The topological polar surface area (TPSA) is 90.7 Å². The van der Waals surface area contributed by atoms with Crippen molar-refractivity contribution in [2.75, 3.05) is 12.4 Å². The van der Waals surface area contributed by atoms with Gasteiger partial charge in [-0.2, -0.15) is 0 Å². The minimum Gasteiger partial charge on any atom is -0.497 e. The van der Waals surface area contributed by atoms with Crippen molar-refractivity contribution < 1.29 is 19.2 Å². The second kappa shape index (κ2) is 9.09. The smallest absolute Gasteiger partial charge is 0.270 e. The zero-order valence-corrected chi connectivity index (χ0v) is 16.9. The maximum Gasteiger partial charge on any atom is 0.270 e. The number of aryl methyl sites for hydroxylation is 1. The third kappa shape index (κ3) is 4.94. The molecule has 0 heterocycles. The molecule has 30 heavy (non-hydrogen) atoms. The molecule has 0 radical (unpaired) electrons. The lowest BCUT2D eigenvalue weighted by Gasteiger charge is -2.18. The Morgan fingerprint density at radius 2 is 1.80 bits per heavy atom. The van der Waals surface area contributed by atoms with Crippen LogP contribution in [0.1, 0.15) is 12.5 Å². The highest BCUT2D eigenvalue weighted by Gasteiger charge is 2.19. The van der Waals surface area contributed by atoms with Gasteiger partial charge in [0.2, 0.25) is 0 Å². The van der Waals surface area contributed by atoms with Crippen molar-refractivity contribution in [3.63, 3.8) is 0 Å². The van der Waals surface area contributed by atoms with Crippen LogP contribution in [-0.2, 0) is 4.79 Å². The van der Waals surface area contributed by atoms with Crippen LogP contribution >= 0.6 is 0 Å². The average Bonchev–Trinajstić information content (AvgIpc) is 2.74. The van der Waals surface area contributed by atoms with Crippen LogP contribution in [0.2, 0.25) is 0 Å². The van der Waals surface area contributed by atoms with Gasteiger partial charge in [-0.15, -0.1) is 0 Å². The number of hydrogen-bond acceptors (Lipinski definition) is 5. The number of carbonyl (C=O) groups excluding carboxylic acids is 1. The van der Waals surface area contributed by atoms with E-state index in [2.05, 4.69) is 5.32 Å². The van der Waals surface area contributed by atoms with Crippen molar-refractivity contribution >= 4 is 17.3 Å². The van der Waals surface area contributed by atoms with E-state index >= 15 is 0 Å². The molecule has 7 nitrogen and oxygen atoms in total. The minimum atomic E-state index is -0.816. The van der Waals surface area contributed by atoms with E-state index in [0.29, 0.717) is 28.3 Å². The Kier molecular flexibility index (Phi) is 6.32. The molecule has 0 unspecified atom stereocenters. The van der Waals surface area contributed by atoms with E-state index in [1.807, 2.05) is 25.1 Å². The van der Waals surface area contributed by atoms with Gasteiger partial charge in [-0.3, -0.25) is 14.9 Å². The Bertz CT molecular complexity index is 1060. The van der Waals surface area contributed by atoms with Gasteiger partial charge >= 0.3 is 0 Å².